The van der Waals surface area contributed by atoms with Crippen LogP contribution in [0.25, 0.3) is 0 Å². The van der Waals surface area contributed by atoms with E-state index >= 15 is 0 Å². The van der Waals surface area contributed by atoms with E-state index in [0.717, 1.165) is 17.8 Å². The first-order chi connectivity index (χ1) is 9.95. The molecule has 0 unspecified atom stereocenters. The molecule has 1 aromatic heterocycles. The van der Waals surface area contributed by atoms with Gasteiger partial charge in [0, 0.05) is 24.6 Å². The Morgan fingerprint density at radius 1 is 1.29 bits per heavy atom. The quantitative estimate of drug-likeness (QED) is 0.606. The normalized spacial score (nSPS) is 12.2. The minimum absolute atomic E-state index is 0.386. The van der Waals surface area contributed by atoms with Crippen LogP contribution >= 0.6 is 11.3 Å². The Morgan fingerprint density at radius 2 is 2.05 bits per heavy atom. The van der Waals surface area contributed by atoms with E-state index in [-0.39, 0.29) is 0 Å². The van der Waals surface area contributed by atoms with Gasteiger partial charge in [-0.3, -0.25) is 0 Å². The highest BCUT2D eigenvalue weighted by atomic mass is 32.2. The number of hydrogen-bond donors (Lipinski definition) is 2. The highest BCUT2D eigenvalue weighted by molar-refractivity contribution is 7.91. The van der Waals surface area contributed by atoms with Gasteiger partial charge in [-0.05, 0) is 44.5 Å². The molecule has 1 aromatic rings. The Bertz CT molecular complexity index is 498. The predicted molar refractivity (Wildman–Crippen MR) is 87.4 cm³/mol. The molecule has 0 aromatic carbocycles. The van der Waals surface area contributed by atoms with Crippen molar-refractivity contribution in [2.45, 2.75) is 30.9 Å². The summed E-state index contributed by atoms with van der Waals surface area (Å²) in [5, 5.41) is 3.05. The highest BCUT2D eigenvalue weighted by Gasteiger charge is 2.15. The Kier molecular flexibility index (Phi) is 8.43. The second-order valence-electron chi connectivity index (χ2n) is 5.29. The van der Waals surface area contributed by atoms with Gasteiger partial charge in [0.05, 0.1) is 0 Å². The van der Waals surface area contributed by atoms with E-state index in [4.69, 9.17) is 4.74 Å². The van der Waals surface area contributed by atoms with Crippen molar-refractivity contribution >= 4 is 21.4 Å². The minimum Gasteiger partial charge on any atom is -0.381 e. The molecule has 0 fully saturated rings. The van der Waals surface area contributed by atoms with Gasteiger partial charge in [-0.1, -0.05) is 13.8 Å². The topological polar surface area (TPSA) is 67.4 Å². The van der Waals surface area contributed by atoms with E-state index in [1.165, 1.54) is 11.3 Å². The first kappa shape index (κ1) is 18.6. The summed E-state index contributed by atoms with van der Waals surface area (Å²) in [7, 11) is -1.49. The summed E-state index contributed by atoms with van der Waals surface area (Å²) in [6.07, 6.45) is 1.53. The predicted octanol–water partition coefficient (Wildman–Crippen LogP) is 1.85. The monoisotopic (exact) mass is 334 g/mol. The number of thiophene rings is 1. The van der Waals surface area contributed by atoms with Crippen molar-refractivity contribution in [2.75, 3.05) is 33.4 Å². The number of hydrogen-bond acceptors (Lipinski definition) is 5. The van der Waals surface area contributed by atoms with E-state index in [9.17, 15) is 8.42 Å². The maximum Gasteiger partial charge on any atom is 0.250 e. The van der Waals surface area contributed by atoms with Crippen molar-refractivity contribution in [3.05, 3.63) is 17.0 Å². The number of nitrogens with one attached hydrogen (secondary N) is 2. The van der Waals surface area contributed by atoms with Gasteiger partial charge in [-0.2, -0.15) is 0 Å². The molecule has 0 radical (unpaired) electrons. The van der Waals surface area contributed by atoms with E-state index in [1.807, 2.05) is 13.1 Å². The van der Waals surface area contributed by atoms with Gasteiger partial charge in [0.2, 0.25) is 10.0 Å². The zero-order chi connectivity index (χ0) is 15.7. The Hall–Kier alpha value is -0.470. The molecule has 1 rings (SSSR count). The molecule has 5 nitrogen and oxygen atoms in total. The van der Waals surface area contributed by atoms with Gasteiger partial charge in [-0.25, -0.2) is 13.1 Å². The molecule has 0 saturated heterocycles. The fourth-order valence-corrected chi connectivity index (χ4v) is 4.13. The molecule has 0 aliphatic rings. The summed E-state index contributed by atoms with van der Waals surface area (Å²) in [6, 6.07) is 3.55. The minimum atomic E-state index is -3.38. The van der Waals surface area contributed by atoms with Crippen molar-refractivity contribution < 1.29 is 13.2 Å². The standard InChI is InChI=1S/C14H26N2O3S2/c1-12(2)11-19-10-4-8-16-21(17,18)14-6-5-13(20-14)7-9-15-3/h5-6,12,15-16H,4,7-11H2,1-3H3. The Morgan fingerprint density at radius 3 is 2.71 bits per heavy atom. The van der Waals surface area contributed by atoms with Crippen LogP contribution in [0.5, 0.6) is 0 Å². The van der Waals surface area contributed by atoms with Crippen molar-refractivity contribution in [3.63, 3.8) is 0 Å². The third-order valence-electron chi connectivity index (χ3n) is 2.73. The van der Waals surface area contributed by atoms with Gasteiger partial charge in [-0.15, -0.1) is 11.3 Å². The first-order valence-electron chi connectivity index (χ1n) is 7.26. The molecule has 0 spiro atoms. The zero-order valence-electron chi connectivity index (χ0n) is 13.0. The van der Waals surface area contributed by atoms with Crippen molar-refractivity contribution in [3.8, 4) is 0 Å². The van der Waals surface area contributed by atoms with Crippen molar-refractivity contribution in [1.82, 2.24) is 10.0 Å². The van der Waals surface area contributed by atoms with E-state index < -0.39 is 10.0 Å². The first-order valence-corrected chi connectivity index (χ1v) is 9.56. The molecule has 0 saturated carbocycles. The van der Waals surface area contributed by atoms with Crippen LogP contribution in [-0.2, 0) is 21.2 Å². The van der Waals surface area contributed by atoms with E-state index in [1.54, 1.807) is 6.07 Å². The molecule has 122 valence electrons. The van der Waals surface area contributed by atoms with E-state index in [0.29, 0.717) is 36.3 Å². The fraction of sp³-hybridized carbons (Fsp3) is 0.714. The van der Waals surface area contributed by atoms with Gasteiger partial charge < -0.3 is 10.1 Å². The van der Waals surface area contributed by atoms with Gasteiger partial charge in [0.15, 0.2) is 0 Å². The van der Waals surface area contributed by atoms with E-state index in [2.05, 4.69) is 23.9 Å². The summed E-state index contributed by atoms with van der Waals surface area (Å²) in [5.41, 5.74) is 0. The van der Waals surface area contributed by atoms with Crippen LogP contribution < -0.4 is 10.0 Å². The van der Waals surface area contributed by atoms with Crippen LogP contribution in [0.4, 0.5) is 0 Å². The summed E-state index contributed by atoms with van der Waals surface area (Å²) in [4.78, 5) is 1.07. The lowest BCUT2D eigenvalue weighted by Crippen LogP contribution is -2.25. The molecule has 0 aliphatic heterocycles. The third kappa shape index (κ3) is 7.37. The molecule has 21 heavy (non-hydrogen) atoms. The Labute approximate surface area is 132 Å². The summed E-state index contributed by atoms with van der Waals surface area (Å²) in [6.45, 7) is 6.73. The van der Waals surface area contributed by atoms with Crippen LogP contribution in [0.3, 0.4) is 0 Å². The molecule has 0 atom stereocenters. The van der Waals surface area contributed by atoms with Crippen molar-refractivity contribution in [2.24, 2.45) is 5.92 Å². The SMILES string of the molecule is CNCCc1ccc(S(=O)(=O)NCCCOCC(C)C)s1. The average Bonchev–Trinajstić information content (AvgIpc) is 2.89. The molecular formula is C14H26N2O3S2. The lowest BCUT2D eigenvalue weighted by molar-refractivity contribution is 0.108. The lowest BCUT2D eigenvalue weighted by Gasteiger charge is -2.07. The number of rotatable bonds is 11. The zero-order valence-corrected chi connectivity index (χ0v) is 14.6. The van der Waals surface area contributed by atoms with Crippen LogP contribution in [0.1, 0.15) is 25.1 Å². The summed E-state index contributed by atoms with van der Waals surface area (Å²) in [5.74, 6) is 0.504. The molecule has 0 amide bonds. The maximum atomic E-state index is 12.1. The van der Waals surface area contributed by atoms with Crippen LogP contribution in [0.2, 0.25) is 0 Å². The maximum absolute atomic E-state index is 12.1. The second kappa shape index (κ2) is 9.53. The summed E-state index contributed by atoms with van der Waals surface area (Å²) < 4.78 is 32.6. The molecule has 2 N–H and O–H groups in total. The lowest BCUT2D eigenvalue weighted by atomic mass is 10.2. The van der Waals surface area contributed by atoms with Gasteiger partial charge in [0.1, 0.15) is 4.21 Å². The van der Waals surface area contributed by atoms with Crippen LogP contribution in [0, 0.1) is 5.92 Å². The molecule has 0 aliphatic carbocycles. The molecule has 0 bridgehead atoms. The van der Waals surface area contributed by atoms with Crippen LogP contribution in [0.15, 0.2) is 16.3 Å². The molecule has 7 heteroatoms. The third-order valence-corrected chi connectivity index (χ3v) is 5.83. The van der Waals surface area contributed by atoms with Gasteiger partial charge >= 0.3 is 0 Å². The molecular weight excluding hydrogens is 308 g/mol. The fourth-order valence-electron chi connectivity index (χ4n) is 1.66. The number of sulfonamides is 1. The molecule has 1 heterocycles. The van der Waals surface area contributed by atoms with Crippen LogP contribution in [-0.4, -0.2) is 41.8 Å². The summed E-state index contributed by atoms with van der Waals surface area (Å²) >= 11 is 1.33. The smallest absolute Gasteiger partial charge is 0.250 e. The number of ether oxygens (including phenoxy) is 1. The Balaban J connectivity index is 2.34. The number of likely N-dealkylation sites (N-methyl/N-ethyl adjacent to an activating group) is 1. The average molecular weight is 335 g/mol. The van der Waals surface area contributed by atoms with Gasteiger partial charge in [0.25, 0.3) is 0 Å². The van der Waals surface area contributed by atoms with Crippen molar-refractivity contribution in [1.29, 1.82) is 0 Å². The largest absolute Gasteiger partial charge is 0.381 e. The highest BCUT2D eigenvalue weighted by Crippen LogP contribution is 2.21. The second-order valence-corrected chi connectivity index (χ2v) is 8.46.